The Kier molecular flexibility index (Phi) is 6.02. The summed E-state index contributed by atoms with van der Waals surface area (Å²) in [6, 6.07) is 0.391. The van der Waals surface area contributed by atoms with Gasteiger partial charge in [0.2, 0.25) is 0 Å². The van der Waals surface area contributed by atoms with Crippen LogP contribution in [0.3, 0.4) is 0 Å². The highest BCUT2D eigenvalue weighted by atomic mass is 32.2. The van der Waals surface area contributed by atoms with E-state index in [2.05, 4.69) is 31.1 Å². The van der Waals surface area contributed by atoms with Crippen molar-refractivity contribution in [2.24, 2.45) is 10.4 Å². The lowest BCUT2D eigenvalue weighted by Crippen LogP contribution is -2.46. The lowest BCUT2D eigenvalue weighted by molar-refractivity contribution is -0.135. The van der Waals surface area contributed by atoms with E-state index >= 15 is 0 Å². The first-order chi connectivity index (χ1) is 8.68. The summed E-state index contributed by atoms with van der Waals surface area (Å²) in [5, 5.41) is 4.28. The maximum atomic E-state index is 12.0. The van der Waals surface area contributed by atoms with E-state index in [1.807, 2.05) is 0 Å². The van der Waals surface area contributed by atoms with Crippen LogP contribution in [-0.2, 0) is 0 Å². The Morgan fingerprint density at radius 1 is 1.26 bits per heavy atom. The van der Waals surface area contributed by atoms with Gasteiger partial charge < -0.3 is 5.32 Å². The normalized spacial score (nSPS) is 23.5. The van der Waals surface area contributed by atoms with Crippen molar-refractivity contribution in [2.75, 3.05) is 12.3 Å². The number of amidine groups is 1. The van der Waals surface area contributed by atoms with Crippen LogP contribution < -0.4 is 5.32 Å². The Morgan fingerprint density at radius 2 is 1.95 bits per heavy atom. The van der Waals surface area contributed by atoms with Gasteiger partial charge in [-0.1, -0.05) is 32.5 Å². The van der Waals surface area contributed by atoms with Gasteiger partial charge >= 0.3 is 6.18 Å². The number of nitrogens with one attached hydrogen (secondary N) is 1. The smallest absolute Gasteiger partial charge is 0.362 e. The summed E-state index contributed by atoms with van der Waals surface area (Å²) >= 11 is 1.66. The molecule has 0 spiro atoms. The molecule has 0 aromatic carbocycles. The minimum atomic E-state index is -4.04. The van der Waals surface area contributed by atoms with Crippen LogP contribution in [0.1, 0.15) is 46.5 Å². The highest BCUT2D eigenvalue weighted by Crippen LogP contribution is 2.27. The van der Waals surface area contributed by atoms with E-state index in [0.29, 0.717) is 19.0 Å². The number of thioether (sulfide) groups is 1. The molecule has 1 saturated heterocycles. The molecule has 1 atom stereocenters. The number of unbranched alkanes of at least 4 members (excludes halogenated alkanes) is 1. The molecule has 6 heteroatoms. The topological polar surface area (TPSA) is 24.4 Å². The van der Waals surface area contributed by atoms with Gasteiger partial charge in [0, 0.05) is 24.8 Å². The molecule has 1 aliphatic heterocycles. The molecule has 1 unspecified atom stereocenters. The SMILES string of the molecule is CC(C)(C)C1CCSC(=NCCCCC(F)(F)F)N1. The minimum Gasteiger partial charge on any atom is -0.362 e. The molecule has 1 N–H and O–H groups in total. The Labute approximate surface area is 117 Å². The molecule has 0 aliphatic carbocycles. The van der Waals surface area contributed by atoms with Crippen LogP contribution in [0.5, 0.6) is 0 Å². The van der Waals surface area contributed by atoms with Crippen molar-refractivity contribution in [3.63, 3.8) is 0 Å². The second-order valence-corrected chi connectivity index (χ2v) is 7.04. The Balaban J connectivity index is 2.29. The Hall–Kier alpha value is -0.390. The highest BCUT2D eigenvalue weighted by Gasteiger charge is 2.28. The van der Waals surface area contributed by atoms with Crippen molar-refractivity contribution in [1.82, 2.24) is 5.32 Å². The first-order valence-corrected chi connectivity index (χ1v) is 7.67. The molecule has 1 heterocycles. The van der Waals surface area contributed by atoms with Gasteiger partial charge in [0.15, 0.2) is 5.17 Å². The van der Waals surface area contributed by atoms with E-state index in [9.17, 15) is 13.2 Å². The monoisotopic (exact) mass is 296 g/mol. The molecule has 1 fully saturated rings. The van der Waals surface area contributed by atoms with Gasteiger partial charge in [0.25, 0.3) is 0 Å². The number of hydrogen-bond donors (Lipinski definition) is 1. The fraction of sp³-hybridized carbons (Fsp3) is 0.923. The van der Waals surface area contributed by atoms with Crippen LogP contribution in [0.4, 0.5) is 13.2 Å². The maximum Gasteiger partial charge on any atom is 0.389 e. The molecule has 0 amide bonds. The summed E-state index contributed by atoms with van der Waals surface area (Å²) in [7, 11) is 0. The van der Waals surface area contributed by atoms with Crippen LogP contribution in [0.25, 0.3) is 0 Å². The summed E-state index contributed by atoms with van der Waals surface area (Å²) in [5.41, 5.74) is 0.179. The van der Waals surface area contributed by atoms with E-state index in [1.54, 1.807) is 11.8 Å². The van der Waals surface area contributed by atoms with E-state index in [0.717, 1.165) is 17.3 Å². The molecule has 0 aromatic heterocycles. The quantitative estimate of drug-likeness (QED) is 0.786. The Morgan fingerprint density at radius 3 is 2.53 bits per heavy atom. The van der Waals surface area contributed by atoms with Crippen LogP contribution in [0, 0.1) is 5.41 Å². The second-order valence-electron chi connectivity index (χ2n) is 5.96. The molecule has 0 radical (unpaired) electrons. The molecule has 0 saturated carbocycles. The number of rotatable bonds is 4. The van der Waals surface area contributed by atoms with Crippen LogP contribution >= 0.6 is 11.8 Å². The average molecular weight is 296 g/mol. The van der Waals surface area contributed by atoms with Gasteiger partial charge in [-0.2, -0.15) is 13.2 Å². The summed E-state index contributed by atoms with van der Waals surface area (Å²) < 4.78 is 35.9. The molecule has 0 aromatic rings. The molecular formula is C13H23F3N2S. The largest absolute Gasteiger partial charge is 0.389 e. The van der Waals surface area contributed by atoms with E-state index in [4.69, 9.17) is 0 Å². The van der Waals surface area contributed by atoms with Crippen LogP contribution in [0.15, 0.2) is 4.99 Å². The zero-order valence-corrected chi connectivity index (χ0v) is 12.6. The van der Waals surface area contributed by atoms with Gasteiger partial charge in [-0.15, -0.1) is 0 Å². The van der Waals surface area contributed by atoms with Crippen molar-refractivity contribution in [3.8, 4) is 0 Å². The molecule has 19 heavy (non-hydrogen) atoms. The van der Waals surface area contributed by atoms with Crippen LogP contribution in [-0.4, -0.2) is 29.7 Å². The van der Waals surface area contributed by atoms with Gasteiger partial charge in [-0.25, -0.2) is 0 Å². The fourth-order valence-corrected chi connectivity index (χ4v) is 2.85. The lowest BCUT2D eigenvalue weighted by atomic mass is 9.85. The standard InChI is InChI=1S/C13H23F3N2S/c1-12(2,3)10-6-9-19-11(18-10)17-8-5-4-7-13(14,15)16/h10H,4-9H2,1-3H3,(H,17,18). The van der Waals surface area contributed by atoms with E-state index in [1.165, 1.54) is 0 Å². The third-order valence-electron chi connectivity index (χ3n) is 3.11. The summed E-state index contributed by atoms with van der Waals surface area (Å²) in [6.07, 6.45) is -2.99. The van der Waals surface area contributed by atoms with Gasteiger partial charge in [-0.3, -0.25) is 4.99 Å². The number of hydrogen-bond acceptors (Lipinski definition) is 2. The number of halogens is 3. The number of nitrogens with zero attached hydrogens (tertiary/aromatic N) is 1. The van der Waals surface area contributed by atoms with Crippen molar-refractivity contribution in [1.29, 1.82) is 0 Å². The average Bonchev–Trinajstić information content (AvgIpc) is 2.26. The third kappa shape index (κ3) is 7.09. The zero-order valence-electron chi connectivity index (χ0n) is 11.8. The first kappa shape index (κ1) is 16.7. The Bertz CT molecular complexity index is 308. The van der Waals surface area contributed by atoms with Crippen molar-refractivity contribution in [2.45, 2.75) is 58.7 Å². The highest BCUT2D eigenvalue weighted by molar-refractivity contribution is 8.13. The van der Waals surface area contributed by atoms with Gasteiger partial charge in [0.1, 0.15) is 0 Å². The maximum absolute atomic E-state index is 12.0. The van der Waals surface area contributed by atoms with Crippen molar-refractivity contribution >= 4 is 16.9 Å². The molecule has 112 valence electrons. The summed E-state index contributed by atoms with van der Waals surface area (Å²) in [4.78, 5) is 4.37. The first-order valence-electron chi connectivity index (χ1n) is 6.69. The second kappa shape index (κ2) is 6.86. The van der Waals surface area contributed by atoms with Gasteiger partial charge in [0.05, 0.1) is 0 Å². The van der Waals surface area contributed by atoms with Crippen molar-refractivity contribution < 1.29 is 13.2 Å². The molecular weight excluding hydrogens is 273 g/mol. The zero-order chi connectivity index (χ0) is 14.5. The van der Waals surface area contributed by atoms with Crippen molar-refractivity contribution in [3.05, 3.63) is 0 Å². The van der Waals surface area contributed by atoms with Crippen LogP contribution in [0.2, 0.25) is 0 Å². The molecule has 1 aliphatic rings. The lowest BCUT2D eigenvalue weighted by Gasteiger charge is -2.35. The minimum absolute atomic E-state index is 0.160. The predicted octanol–water partition coefficient (Wildman–Crippen LogP) is 4.22. The third-order valence-corrected chi connectivity index (χ3v) is 4.07. The predicted molar refractivity (Wildman–Crippen MR) is 75.7 cm³/mol. The van der Waals surface area contributed by atoms with E-state index in [-0.39, 0.29) is 11.8 Å². The molecule has 0 bridgehead atoms. The van der Waals surface area contributed by atoms with Gasteiger partial charge in [-0.05, 0) is 24.7 Å². The fourth-order valence-electron chi connectivity index (χ4n) is 1.89. The molecule has 2 nitrogen and oxygen atoms in total. The summed E-state index contributed by atoms with van der Waals surface area (Å²) in [6.45, 7) is 7.02. The summed E-state index contributed by atoms with van der Waals surface area (Å²) in [5.74, 6) is 1.02. The molecule has 1 rings (SSSR count). The van der Waals surface area contributed by atoms with E-state index < -0.39 is 12.6 Å². The number of alkyl halides is 3. The number of aliphatic imine (C=N–C) groups is 1.